The molecular formula is C28H44O7. The molecule has 5 atom stereocenters. The van der Waals surface area contributed by atoms with Gasteiger partial charge in [-0.15, -0.1) is 0 Å². The minimum Gasteiger partial charge on any atom is -0.494 e. The standard InChI is InChI=1S/C28H44O7/c1-4-5-6-7-8-9-10-11-12-13-18-29-21-14-16-22(17-15-21)30-19-23-24-25(32-20-31-24)26-27(33-23)35-28(2,3)34-26/h14-17,23-27H,4-13,18-20H2,1-3H3/t23-,24+,25+,26-,27-/m1/s1. The SMILES string of the molecule is CCCCCCCCCCCCOc1ccc(OC[C@H]2O[C@@H]3OC(C)(C)O[C@@H]3[C@H]3OCO[C@H]32)cc1. The quantitative estimate of drug-likeness (QED) is 0.279. The van der Waals surface area contributed by atoms with E-state index in [0.717, 1.165) is 24.5 Å². The summed E-state index contributed by atoms with van der Waals surface area (Å²) < 4.78 is 41.5. The van der Waals surface area contributed by atoms with Gasteiger partial charge in [0, 0.05) is 0 Å². The van der Waals surface area contributed by atoms with Crippen LogP contribution in [0.4, 0.5) is 0 Å². The van der Waals surface area contributed by atoms with Gasteiger partial charge in [-0.05, 0) is 44.5 Å². The Hall–Kier alpha value is -1.38. The molecule has 35 heavy (non-hydrogen) atoms. The summed E-state index contributed by atoms with van der Waals surface area (Å²) in [5.74, 6) is 0.934. The van der Waals surface area contributed by atoms with Crippen LogP contribution in [0.1, 0.15) is 85.0 Å². The third-order valence-electron chi connectivity index (χ3n) is 6.94. The van der Waals surface area contributed by atoms with Crippen LogP contribution in [0.15, 0.2) is 24.3 Å². The Balaban J connectivity index is 1.10. The number of unbranched alkanes of at least 4 members (excludes halogenated alkanes) is 9. The first kappa shape index (κ1) is 26.7. The van der Waals surface area contributed by atoms with Gasteiger partial charge in [0.2, 0.25) is 0 Å². The van der Waals surface area contributed by atoms with Gasteiger partial charge >= 0.3 is 0 Å². The summed E-state index contributed by atoms with van der Waals surface area (Å²) in [6.45, 7) is 7.36. The van der Waals surface area contributed by atoms with Crippen LogP contribution in [0.5, 0.6) is 11.5 Å². The number of fused-ring (bicyclic) bond motifs is 3. The third kappa shape index (κ3) is 7.80. The number of hydrogen-bond donors (Lipinski definition) is 0. The summed E-state index contributed by atoms with van der Waals surface area (Å²) in [4.78, 5) is 0. The predicted octanol–water partition coefficient (Wildman–Crippen LogP) is 5.98. The molecule has 0 aliphatic carbocycles. The highest BCUT2D eigenvalue weighted by atomic mass is 16.8. The summed E-state index contributed by atoms with van der Waals surface area (Å²) in [7, 11) is 0. The molecular weight excluding hydrogens is 448 g/mol. The zero-order valence-electron chi connectivity index (χ0n) is 21.7. The zero-order valence-corrected chi connectivity index (χ0v) is 21.7. The van der Waals surface area contributed by atoms with Gasteiger partial charge in [0.15, 0.2) is 12.1 Å². The third-order valence-corrected chi connectivity index (χ3v) is 6.94. The molecule has 0 bridgehead atoms. The van der Waals surface area contributed by atoms with Gasteiger partial charge in [-0.2, -0.15) is 0 Å². The van der Waals surface area contributed by atoms with E-state index in [1.54, 1.807) is 0 Å². The van der Waals surface area contributed by atoms with Crippen LogP contribution in [0.2, 0.25) is 0 Å². The van der Waals surface area contributed by atoms with Crippen molar-refractivity contribution in [3.05, 3.63) is 24.3 Å². The van der Waals surface area contributed by atoms with Crippen molar-refractivity contribution < 1.29 is 33.2 Å². The van der Waals surface area contributed by atoms with Crippen LogP contribution in [0.3, 0.4) is 0 Å². The van der Waals surface area contributed by atoms with Crippen LogP contribution in [0, 0.1) is 0 Å². The van der Waals surface area contributed by atoms with E-state index < -0.39 is 12.1 Å². The average molecular weight is 493 g/mol. The number of benzene rings is 1. The van der Waals surface area contributed by atoms with Gasteiger partial charge in [-0.1, -0.05) is 64.7 Å². The molecule has 198 valence electrons. The van der Waals surface area contributed by atoms with E-state index in [9.17, 15) is 0 Å². The molecule has 1 aromatic carbocycles. The Morgan fingerprint density at radius 2 is 1.34 bits per heavy atom. The van der Waals surface area contributed by atoms with Crippen LogP contribution in [-0.2, 0) is 23.7 Å². The molecule has 0 aromatic heterocycles. The van der Waals surface area contributed by atoms with Gasteiger partial charge in [0.25, 0.3) is 0 Å². The van der Waals surface area contributed by atoms with E-state index in [1.807, 2.05) is 38.1 Å². The first-order valence-corrected chi connectivity index (χ1v) is 13.7. The van der Waals surface area contributed by atoms with Gasteiger partial charge in [-0.25, -0.2) is 0 Å². The van der Waals surface area contributed by atoms with Crippen LogP contribution in [0.25, 0.3) is 0 Å². The smallest absolute Gasteiger partial charge is 0.190 e. The zero-order chi connectivity index (χ0) is 24.5. The molecule has 3 heterocycles. The lowest BCUT2D eigenvalue weighted by atomic mass is 9.99. The Morgan fingerprint density at radius 1 is 0.743 bits per heavy atom. The summed E-state index contributed by atoms with van der Waals surface area (Å²) in [6, 6.07) is 7.78. The van der Waals surface area contributed by atoms with E-state index in [-0.39, 0.29) is 31.2 Å². The molecule has 7 nitrogen and oxygen atoms in total. The van der Waals surface area contributed by atoms with Gasteiger partial charge < -0.3 is 33.2 Å². The summed E-state index contributed by atoms with van der Waals surface area (Å²) in [5.41, 5.74) is 0. The van der Waals surface area contributed by atoms with Gasteiger partial charge in [0.1, 0.15) is 49.3 Å². The number of rotatable bonds is 15. The molecule has 7 heteroatoms. The molecule has 3 aliphatic rings. The monoisotopic (exact) mass is 492 g/mol. The summed E-state index contributed by atoms with van der Waals surface area (Å²) in [6.07, 6.45) is 11.7. The molecule has 0 radical (unpaired) electrons. The molecule has 0 spiro atoms. The Kier molecular flexibility index (Phi) is 10.1. The van der Waals surface area contributed by atoms with Gasteiger partial charge in [0.05, 0.1) is 6.61 Å². The van der Waals surface area contributed by atoms with Crippen molar-refractivity contribution in [1.29, 1.82) is 0 Å². The second-order valence-corrected chi connectivity index (χ2v) is 10.3. The molecule has 0 saturated carbocycles. The lowest BCUT2D eigenvalue weighted by Gasteiger charge is -2.37. The van der Waals surface area contributed by atoms with E-state index in [4.69, 9.17) is 33.2 Å². The van der Waals surface area contributed by atoms with E-state index in [0.29, 0.717) is 6.61 Å². The van der Waals surface area contributed by atoms with Crippen molar-refractivity contribution in [2.24, 2.45) is 0 Å². The maximum Gasteiger partial charge on any atom is 0.190 e. The Labute approximate surface area is 210 Å². The highest BCUT2D eigenvalue weighted by Gasteiger charge is 2.57. The fraction of sp³-hybridized carbons (Fsp3) is 0.786. The second kappa shape index (κ2) is 13.2. The van der Waals surface area contributed by atoms with Crippen LogP contribution < -0.4 is 9.47 Å². The van der Waals surface area contributed by atoms with Crippen molar-refractivity contribution in [1.82, 2.24) is 0 Å². The van der Waals surface area contributed by atoms with E-state index in [2.05, 4.69) is 6.92 Å². The van der Waals surface area contributed by atoms with Crippen LogP contribution in [-0.4, -0.2) is 56.5 Å². The molecule has 4 rings (SSSR count). The molecule has 0 N–H and O–H groups in total. The molecule has 0 amide bonds. The Morgan fingerprint density at radius 3 is 2.03 bits per heavy atom. The first-order chi connectivity index (χ1) is 17.1. The maximum atomic E-state index is 6.13. The number of ether oxygens (including phenoxy) is 7. The lowest BCUT2D eigenvalue weighted by Crippen LogP contribution is -2.56. The van der Waals surface area contributed by atoms with Crippen molar-refractivity contribution in [3.63, 3.8) is 0 Å². The molecule has 0 unspecified atom stereocenters. The fourth-order valence-corrected chi connectivity index (χ4v) is 5.05. The lowest BCUT2D eigenvalue weighted by molar-refractivity contribution is -0.236. The fourth-order valence-electron chi connectivity index (χ4n) is 5.05. The van der Waals surface area contributed by atoms with Crippen molar-refractivity contribution >= 4 is 0 Å². The predicted molar refractivity (Wildman–Crippen MR) is 133 cm³/mol. The largest absolute Gasteiger partial charge is 0.494 e. The molecule has 1 aromatic rings. The number of hydrogen-bond acceptors (Lipinski definition) is 7. The highest BCUT2D eigenvalue weighted by molar-refractivity contribution is 5.31. The van der Waals surface area contributed by atoms with Crippen LogP contribution >= 0.6 is 0 Å². The minimum atomic E-state index is -0.703. The second-order valence-electron chi connectivity index (χ2n) is 10.3. The molecule has 3 fully saturated rings. The van der Waals surface area contributed by atoms with E-state index in [1.165, 1.54) is 57.8 Å². The van der Waals surface area contributed by atoms with Crippen molar-refractivity contribution in [3.8, 4) is 11.5 Å². The summed E-state index contributed by atoms with van der Waals surface area (Å²) in [5, 5.41) is 0. The first-order valence-electron chi connectivity index (χ1n) is 13.7. The highest BCUT2D eigenvalue weighted by Crippen LogP contribution is 2.40. The molecule has 3 saturated heterocycles. The van der Waals surface area contributed by atoms with Crippen molar-refractivity contribution in [2.75, 3.05) is 20.0 Å². The Bertz CT molecular complexity index is 737. The molecule has 3 aliphatic heterocycles. The van der Waals surface area contributed by atoms with Crippen molar-refractivity contribution in [2.45, 2.75) is 121 Å². The van der Waals surface area contributed by atoms with E-state index >= 15 is 0 Å². The summed E-state index contributed by atoms with van der Waals surface area (Å²) >= 11 is 0. The average Bonchev–Trinajstić information content (AvgIpc) is 3.45. The minimum absolute atomic E-state index is 0.217. The maximum absolute atomic E-state index is 6.13. The topological polar surface area (TPSA) is 64.6 Å². The van der Waals surface area contributed by atoms with Gasteiger partial charge in [-0.3, -0.25) is 0 Å². The normalized spacial score (nSPS) is 29.1.